The van der Waals surface area contributed by atoms with Crippen LogP contribution in [0.25, 0.3) is 0 Å². The highest BCUT2D eigenvalue weighted by Gasteiger charge is 2.18. The maximum atomic E-state index is 12.3. The molecule has 9 nitrogen and oxygen atoms in total. The number of aliphatic imine (C=N–C) groups is 1. The summed E-state index contributed by atoms with van der Waals surface area (Å²) in [6.07, 6.45) is 9.68. The zero-order chi connectivity index (χ0) is 24.5. The summed E-state index contributed by atoms with van der Waals surface area (Å²) in [6.45, 7) is 3.45. The lowest BCUT2D eigenvalue weighted by atomic mass is 9.86. The molecule has 0 atom stereocenters. The number of amides is 1. The van der Waals surface area contributed by atoms with Gasteiger partial charge in [0.15, 0.2) is 28.4 Å². The molecule has 2 aromatic rings. The van der Waals surface area contributed by atoms with Gasteiger partial charge in [-0.05, 0) is 74.1 Å². The van der Waals surface area contributed by atoms with Crippen LogP contribution >= 0.6 is 11.6 Å². The quantitative estimate of drug-likeness (QED) is 0.227. The molecule has 0 unspecified atom stereocenters. The van der Waals surface area contributed by atoms with Crippen LogP contribution in [0.3, 0.4) is 0 Å². The number of fused-ring (bicyclic) bond motifs is 1. The molecule has 1 aromatic heterocycles. The van der Waals surface area contributed by atoms with Gasteiger partial charge in [0.25, 0.3) is 5.91 Å². The van der Waals surface area contributed by atoms with Crippen molar-refractivity contribution < 1.29 is 9.53 Å². The van der Waals surface area contributed by atoms with Gasteiger partial charge in [-0.1, -0.05) is 31.0 Å². The van der Waals surface area contributed by atoms with E-state index in [9.17, 15) is 4.79 Å². The van der Waals surface area contributed by atoms with Crippen LogP contribution in [0.4, 0.5) is 11.6 Å². The Balaban J connectivity index is 1.50. The van der Waals surface area contributed by atoms with Crippen molar-refractivity contribution in [1.29, 1.82) is 0 Å². The minimum absolute atomic E-state index is 0.00916. The van der Waals surface area contributed by atoms with Crippen molar-refractivity contribution in [2.24, 2.45) is 10.7 Å². The standard InChI is InChI=1S/C24H34ClN7O2/c1-2-3-14-34-18-12-11-15(16-9-4-5-10-17(16)18)8-6-7-13-29-24(28)32-23(33)19-21(26)31-22(27)20(25)30-19/h11-12H,2-10,13-14H2,1H3,(H4,26,27,31)(H3,28,29,32,33). The Kier molecular flexibility index (Phi) is 9.33. The third kappa shape index (κ3) is 6.72. The summed E-state index contributed by atoms with van der Waals surface area (Å²) in [5, 5.41) is 2.35. The first-order chi connectivity index (χ1) is 16.4. The van der Waals surface area contributed by atoms with Crippen LogP contribution in [0.15, 0.2) is 17.1 Å². The van der Waals surface area contributed by atoms with E-state index in [-0.39, 0.29) is 28.4 Å². The van der Waals surface area contributed by atoms with Crippen molar-refractivity contribution in [3.8, 4) is 5.75 Å². The highest BCUT2D eigenvalue weighted by molar-refractivity contribution is 6.31. The summed E-state index contributed by atoms with van der Waals surface area (Å²) < 4.78 is 6.06. The van der Waals surface area contributed by atoms with Crippen molar-refractivity contribution in [2.75, 3.05) is 24.6 Å². The van der Waals surface area contributed by atoms with Gasteiger partial charge in [-0.2, -0.15) is 0 Å². The molecule has 0 bridgehead atoms. The summed E-state index contributed by atoms with van der Waals surface area (Å²) in [4.78, 5) is 24.2. The molecule has 0 fully saturated rings. The Morgan fingerprint density at radius 1 is 1.12 bits per heavy atom. The second-order valence-corrected chi connectivity index (χ2v) is 8.76. The smallest absolute Gasteiger partial charge is 0.280 e. The number of nitrogen functional groups attached to an aromatic ring is 2. The lowest BCUT2D eigenvalue weighted by Crippen LogP contribution is -2.38. The van der Waals surface area contributed by atoms with Crippen LogP contribution in [0, 0.1) is 0 Å². The molecule has 7 N–H and O–H groups in total. The number of rotatable bonds is 10. The summed E-state index contributed by atoms with van der Waals surface area (Å²) >= 11 is 5.81. The molecular weight excluding hydrogens is 454 g/mol. The zero-order valence-electron chi connectivity index (χ0n) is 19.7. The van der Waals surface area contributed by atoms with Crippen molar-refractivity contribution in [1.82, 2.24) is 15.3 Å². The fourth-order valence-electron chi connectivity index (χ4n) is 4.06. The second-order valence-electron chi connectivity index (χ2n) is 8.40. The van der Waals surface area contributed by atoms with Crippen molar-refractivity contribution >= 4 is 35.1 Å². The average Bonchev–Trinajstić information content (AvgIpc) is 2.82. The number of unbranched alkanes of at least 4 members (excludes halogenated alkanes) is 2. The van der Waals surface area contributed by atoms with E-state index in [0.717, 1.165) is 57.3 Å². The number of anilines is 2. The number of aromatic nitrogens is 2. The normalized spacial score (nSPS) is 13.4. The lowest BCUT2D eigenvalue weighted by molar-refractivity contribution is 0.0972. The number of aryl methyl sites for hydroxylation is 1. The Bertz CT molecular complexity index is 1040. The number of benzene rings is 1. The molecule has 10 heteroatoms. The second kappa shape index (κ2) is 12.4. The number of carbonyl (C=O) groups excluding carboxylic acids is 1. The van der Waals surface area contributed by atoms with Crippen molar-refractivity contribution in [3.63, 3.8) is 0 Å². The predicted molar refractivity (Wildman–Crippen MR) is 136 cm³/mol. The molecule has 1 heterocycles. The van der Waals surface area contributed by atoms with E-state index in [0.29, 0.717) is 6.54 Å². The Morgan fingerprint density at radius 3 is 2.65 bits per heavy atom. The molecule has 184 valence electrons. The molecule has 34 heavy (non-hydrogen) atoms. The largest absolute Gasteiger partial charge is 0.493 e. The number of nitrogens with zero attached hydrogens (tertiary/aromatic N) is 3. The van der Waals surface area contributed by atoms with Gasteiger partial charge in [-0.15, -0.1) is 0 Å². The minimum Gasteiger partial charge on any atom is -0.493 e. The number of carbonyl (C=O) groups is 1. The number of hydrogen-bond acceptors (Lipinski definition) is 7. The van der Waals surface area contributed by atoms with Crippen LogP contribution in [0.5, 0.6) is 5.75 Å². The summed E-state index contributed by atoms with van der Waals surface area (Å²) in [7, 11) is 0. The van der Waals surface area contributed by atoms with Gasteiger partial charge in [0.2, 0.25) is 0 Å². The van der Waals surface area contributed by atoms with Crippen molar-refractivity contribution in [2.45, 2.75) is 64.7 Å². The van der Waals surface area contributed by atoms with E-state index < -0.39 is 5.91 Å². The molecule has 3 rings (SSSR count). The minimum atomic E-state index is -0.638. The van der Waals surface area contributed by atoms with Crippen LogP contribution in [-0.2, 0) is 19.3 Å². The molecule has 0 aliphatic heterocycles. The molecule has 1 amide bonds. The fourth-order valence-corrected chi connectivity index (χ4v) is 4.18. The lowest BCUT2D eigenvalue weighted by Gasteiger charge is -2.23. The number of guanidine groups is 1. The number of hydrogen-bond donors (Lipinski definition) is 4. The number of nitrogens with two attached hydrogens (primary N) is 3. The molecule has 0 spiro atoms. The van der Waals surface area contributed by atoms with Crippen LogP contribution in [0.1, 0.15) is 72.6 Å². The van der Waals surface area contributed by atoms with Gasteiger partial charge >= 0.3 is 0 Å². The molecule has 1 aliphatic carbocycles. The van der Waals surface area contributed by atoms with Crippen LogP contribution < -0.4 is 27.3 Å². The fraction of sp³-hybridized carbons (Fsp3) is 0.500. The van der Waals surface area contributed by atoms with E-state index in [4.69, 9.17) is 33.5 Å². The first kappa shape index (κ1) is 25.6. The van der Waals surface area contributed by atoms with Gasteiger partial charge in [0.05, 0.1) is 6.61 Å². The van der Waals surface area contributed by atoms with E-state index in [1.54, 1.807) is 0 Å². The van der Waals surface area contributed by atoms with Crippen molar-refractivity contribution in [3.05, 3.63) is 39.7 Å². The highest BCUT2D eigenvalue weighted by atomic mass is 35.5. The topological polar surface area (TPSA) is 155 Å². The highest BCUT2D eigenvalue weighted by Crippen LogP contribution is 2.33. The number of nitrogens with one attached hydrogen (secondary N) is 1. The van der Waals surface area contributed by atoms with Gasteiger partial charge in [0.1, 0.15) is 5.75 Å². The molecule has 0 saturated heterocycles. The predicted octanol–water partition coefficient (Wildman–Crippen LogP) is 3.42. The van der Waals surface area contributed by atoms with Crippen LogP contribution in [0.2, 0.25) is 5.15 Å². The monoisotopic (exact) mass is 487 g/mol. The first-order valence-corrected chi connectivity index (χ1v) is 12.2. The van der Waals surface area contributed by atoms with Gasteiger partial charge in [-0.3, -0.25) is 15.1 Å². The molecule has 0 saturated carbocycles. The van der Waals surface area contributed by atoms with Crippen LogP contribution in [-0.4, -0.2) is 35.0 Å². The van der Waals surface area contributed by atoms with Gasteiger partial charge in [0, 0.05) is 6.54 Å². The molecule has 1 aliphatic rings. The Hall–Kier alpha value is -3.07. The third-order valence-corrected chi connectivity index (χ3v) is 6.12. The van der Waals surface area contributed by atoms with Gasteiger partial charge < -0.3 is 21.9 Å². The molecule has 1 aromatic carbocycles. The summed E-state index contributed by atoms with van der Waals surface area (Å²) in [5.41, 5.74) is 21.2. The summed E-state index contributed by atoms with van der Waals surface area (Å²) in [6, 6.07) is 4.35. The maximum absolute atomic E-state index is 12.3. The van der Waals surface area contributed by atoms with E-state index in [2.05, 4.69) is 39.3 Å². The van der Waals surface area contributed by atoms with E-state index in [1.807, 2.05) is 0 Å². The SMILES string of the molecule is CCCCOc1ccc(CCCCN=C(N)NC(=O)c2nc(Cl)c(N)nc2N)c2c1CCCC2. The number of ether oxygens (including phenoxy) is 1. The van der Waals surface area contributed by atoms with Gasteiger partial charge in [-0.25, -0.2) is 9.97 Å². The maximum Gasteiger partial charge on any atom is 0.280 e. The Labute approximate surface area is 205 Å². The van der Waals surface area contributed by atoms with E-state index >= 15 is 0 Å². The third-order valence-electron chi connectivity index (χ3n) is 5.84. The summed E-state index contributed by atoms with van der Waals surface area (Å²) in [5.74, 6) is 0.244. The molecular formula is C24H34ClN7O2. The van der Waals surface area contributed by atoms with E-state index in [1.165, 1.54) is 29.5 Å². The number of halogens is 1. The zero-order valence-corrected chi connectivity index (χ0v) is 20.5. The first-order valence-electron chi connectivity index (χ1n) is 11.9. The molecule has 0 radical (unpaired) electrons. The average molecular weight is 488 g/mol. The Morgan fingerprint density at radius 2 is 1.88 bits per heavy atom.